The number of ether oxygens (including phenoxy) is 2. The molecule has 3 aromatic heterocycles. The van der Waals surface area contributed by atoms with E-state index in [1.807, 2.05) is 31.2 Å². The van der Waals surface area contributed by atoms with Gasteiger partial charge in [-0.25, -0.2) is 15.0 Å². The second-order valence-electron chi connectivity index (χ2n) is 8.24. The summed E-state index contributed by atoms with van der Waals surface area (Å²) < 4.78 is 17.5. The van der Waals surface area contributed by atoms with Crippen molar-refractivity contribution < 1.29 is 18.7 Å². The van der Waals surface area contributed by atoms with Crippen molar-refractivity contribution in [3.8, 4) is 29.0 Å². The van der Waals surface area contributed by atoms with Crippen LogP contribution in [-0.4, -0.2) is 27.5 Å². The van der Waals surface area contributed by atoms with Gasteiger partial charge in [-0.15, -0.1) is 0 Å². The standard InChI is InChI=1S/C25H24N4O4/c1-15(28-16(2)30)18-5-7-21-22(11-18)33-25(29-21)19-6-8-23(27-13-19)32-20-9-10-26-24(12-20)31-14-17-3-4-17/h5-13,15,17H,3-4,14H2,1-2H3,(H,28,30). The van der Waals surface area contributed by atoms with Crippen LogP contribution in [0.4, 0.5) is 0 Å². The fraction of sp³-hybridized carbons (Fsp3) is 0.280. The van der Waals surface area contributed by atoms with Crippen LogP contribution in [0.15, 0.2) is 59.3 Å². The molecule has 1 amide bonds. The third-order valence-electron chi connectivity index (χ3n) is 5.41. The molecule has 8 nitrogen and oxygen atoms in total. The van der Waals surface area contributed by atoms with Crippen molar-refractivity contribution in [3.63, 3.8) is 0 Å². The lowest BCUT2D eigenvalue weighted by Crippen LogP contribution is -2.23. The molecule has 0 radical (unpaired) electrons. The molecule has 3 heterocycles. The first kappa shape index (κ1) is 20.9. The number of rotatable bonds is 8. The first-order chi connectivity index (χ1) is 16.0. The van der Waals surface area contributed by atoms with E-state index in [4.69, 9.17) is 13.9 Å². The van der Waals surface area contributed by atoms with Gasteiger partial charge in [0.15, 0.2) is 5.58 Å². The quantitative estimate of drug-likeness (QED) is 0.405. The Balaban J connectivity index is 1.29. The van der Waals surface area contributed by atoms with Gasteiger partial charge >= 0.3 is 0 Å². The summed E-state index contributed by atoms with van der Waals surface area (Å²) in [4.78, 5) is 24.5. The van der Waals surface area contributed by atoms with E-state index in [2.05, 4.69) is 20.3 Å². The van der Waals surface area contributed by atoms with Gasteiger partial charge in [0.25, 0.3) is 0 Å². The predicted octanol–water partition coefficient (Wildman–Crippen LogP) is 5.06. The number of oxazole rings is 1. The molecule has 1 fully saturated rings. The van der Waals surface area contributed by atoms with Crippen LogP contribution in [0.5, 0.6) is 17.5 Å². The summed E-state index contributed by atoms with van der Waals surface area (Å²) in [6.45, 7) is 4.12. The van der Waals surface area contributed by atoms with E-state index in [9.17, 15) is 4.79 Å². The van der Waals surface area contributed by atoms with Crippen LogP contribution >= 0.6 is 0 Å². The Hall–Kier alpha value is -3.94. The minimum Gasteiger partial charge on any atom is -0.477 e. The normalized spacial score (nSPS) is 14.1. The average Bonchev–Trinajstić information content (AvgIpc) is 3.54. The maximum atomic E-state index is 11.3. The molecule has 1 atom stereocenters. The largest absolute Gasteiger partial charge is 0.477 e. The van der Waals surface area contributed by atoms with Crippen LogP contribution < -0.4 is 14.8 Å². The topological polar surface area (TPSA) is 99.4 Å². The summed E-state index contributed by atoms with van der Waals surface area (Å²) >= 11 is 0. The molecule has 33 heavy (non-hydrogen) atoms. The van der Waals surface area contributed by atoms with Crippen LogP contribution in [-0.2, 0) is 4.79 Å². The van der Waals surface area contributed by atoms with E-state index in [0.717, 1.165) is 16.6 Å². The minimum atomic E-state index is -0.119. The van der Waals surface area contributed by atoms with Crippen molar-refractivity contribution in [2.24, 2.45) is 5.92 Å². The number of hydrogen-bond acceptors (Lipinski definition) is 7. The highest BCUT2D eigenvalue weighted by molar-refractivity contribution is 5.77. The summed E-state index contributed by atoms with van der Waals surface area (Å²) in [5.41, 5.74) is 3.06. The lowest BCUT2D eigenvalue weighted by atomic mass is 10.1. The number of carbonyl (C=O) groups is 1. The van der Waals surface area contributed by atoms with Gasteiger partial charge in [-0.3, -0.25) is 4.79 Å². The number of benzene rings is 1. The molecule has 8 heteroatoms. The number of hydrogen-bond donors (Lipinski definition) is 1. The third kappa shape index (κ3) is 5.11. The SMILES string of the molecule is CC(=O)NC(C)c1ccc2nc(-c3ccc(Oc4ccnc(OCC5CC5)c4)nc3)oc2c1. The molecule has 5 rings (SSSR count). The fourth-order valence-electron chi connectivity index (χ4n) is 3.43. The van der Waals surface area contributed by atoms with Crippen molar-refractivity contribution in [1.82, 2.24) is 20.3 Å². The van der Waals surface area contributed by atoms with Gasteiger partial charge in [0.1, 0.15) is 11.3 Å². The first-order valence-corrected chi connectivity index (χ1v) is 10.9. The lowest BCUT2D eigenvalue weighted by molar-refractivity contribution is -0.119. The highest BCUT2D eigenvalue weighted by Crippen LogP contribution is 2.31. The van der Waals surface area contributed by atoms with Gasteiger partial charge in [0.2, 0.25) is 23.6 Å². The fourth-order valence-corrected chi connectivity index (χ4v) is 3.43. The van der Waals surface area contributed by atoms with Gasteiger partial charge in [-0.05, 0) is 55.5 Å². The smallest absolute Gasteiger partial charge is 0.228 e. The maximum absolute atomic E-state index is 11.3. The molecule has 1 saturated carbocycles. The van der Waals surface area contributed by atoms with Crippen molar-refractivity contribution in [1.29, 1.82) is 0 Å². The van der Waals surface area contributed by atoms with Gasteiger partial charge in [-0.1, -0.05) is 6.07 Å². The van der Waals surface area contributed by atoms with Gasteiger partial charge in [0.05, 0.1) is 18.2 Å². The molecule has 1 aliphatic carbocycles. The van der Waals surface area contributed by atoms with E-state index in [-0.39, 0.29) is 11.9 Å². The molecule has 0 saturated heterocycles. The first-order valence-electron chi connectivity index (χ1n) is 10.9. The molecular formula is C25H24N4O4. The summed E-state index contributed by atoms with van der Waals surface area (Å²) in [5.74, 6) is 2.65. The molecule has 0 aliphatic heterocycles. The molecule has 168 valence electrons. The number of nitrogens with zero attached hydrogens (tertiary/aromatic N) is 3. The molecule has 0 bridgehead atoms. The van der Waals surface area contributed by atoms with Crippen LogP contribution in [0, 0.1) is 5.92 Å². The van der Waals surface area contributed by atoms with Crippen LogP contribution in [0.2, 0.25) is 0 Å². The molecule has 1 aliphatic rings. The molecule has 1 aromatic carbocycles. The minimum absolute atomic E-state index is 0.0805. The van der Waals surface area contributed by atoms with Gasteiger partial charge in [0, 0.05) is 31.5 Å². The van der Waals surface area contributed by atoms with Crippen molar-refractivity contribution >= 4 is 17.0 Å². The molecule has 1 N–H and O–H groups in total. The Kier molecular flexibility index (Phi) is 5.64. The lowest BCUT2D eigenvalue weighted by Gasteiger charge is -2.12. The Morgan fingerprint density at radius 2 is 2.03 bits per heavy atom. The number of nitrogens with one attached hydrogen (secondary N) is 1. The van der Waals surface area contributed by atoms with E-state index >= 15 is 0 Å². The highest BCUT2D eigenvalue weighted by Gasteiger charge is 2.22. The zero-order chi connectivity index (χ0) is 22.8. The van der Waals surface area contributed by atoms with Crippen molar-refractivity contribution in [3.05, 3.63) is 60.4 Å². The van der Waals surface area contributed by atoms with Gasteiger partial charge < -0.3 is 19.2 Å². The number of fused-ring (bicyclic) bond motifs is 1. The third-order valence-corrected chi connectivity index (χ3v) is 5.41. The van der Waals surface area contributed by atoms with Crippen molar-refractivity contribution in [2.45, 2.75) is 32.7 Å². The van der Waals surface area contributed by atoms with Crippen LogP contribution in [0.1, 0.15) is 38.3 Å². The molecule has 0 spiro atoms. The molecular weight excluding hydrogens is 420 g/mol. The summed E-state index contributed by atoms with van der Waals surface area (Å²) in [6.07, 6.45) is 5.77. The zero-order valence-electron chi connectivity index (χ0n) is 18.4. The summed E-state index contributed by atoms with van der Waals surface area (Å²) in [7, 11) is 0. The monoisotopic (exact) mass is 444 g/mol. The predicted molar refractivity (Wildman–Crippen MR) is 122 cm³/mol. The Morgan fingerprint density at radius 3 is 2.79 bits per heavy atom. The highest BCUT2D eigenvalue weighted by atomic mass is 16.5. The number of pyridine rings is 2. The Bertz CT molecular complexity index is 1280. The van der Waals surface area contributed by atoms with Gasteiger partial charge in [-0.2, -0.15) is 0 Å². The number of aromatic nitrogens is 3. The van der Waals surface area contributed by atoms with E-state index in [1.165, 1.54) is 19.8 Å². The maximum Gasteiger partial charge on any atom is 0.228 e. The van der Waals surface area contributed by atoms with Crippen LogP contribution in [0.3, 0.4) is 0 Å². The van der Waals surface area contributed by atoms with E-state index in [1.54, 1.807) is 30.6 Å². The van der Waals surface area contributed by atoms with E-state index < -0.39 is 0 Å². The zero-order valence-corrected chi connectivity index (χ0v) is 18.4. The van der Waals surface area contributed by atoms with Crippen molar-refractivity contribution in [2.75, 3.05) is 6.61 Å². The second kappa shape index (κ2) is 8.90. The molecule has 4 aromatic rings. The molecule has 1 unspecified atom stereocenters. The average molecular weight is 444 g/mol. The Labute approximate surface area is 191 Å². The second-order valence-corrected chi connectivity index (χ2v) is 8.24. The Morgan fingerprint density at radius 1 is 1.15 bits per heavy atom. The summed E-state index contributed by atoms with van der Waals surface area (Å²) in [6, 6.07) is 12.7. The summed E-state index contributed by atoms with van der Waals surface area (Å²) in [5, 5.41) is 2.87. The van der Waals surface area contributed by atoms with E-state index in [0.29, 0.717) is 41.5 Å². The number of amides is 1. The van der Waals surface area contributed by atoms with Crippen LogP contribution in [0.25, 0.3) is 22.6 Å². The number of carbonyl (C=O) groups excluding carboxylic acids is 1.